The molecule has 1 rings (SSSR count). The number of carbonyl (C=O) groups excluding carboxylic acids is 2. The summed E-state index contributed by atoms with van der Waals surface area (Å²) in [6.45, 7) is 5.51. The molecule has 0 amide bonds. The lowest BCUT2D eigenvalue weighted by Gasteiger charge is -2.17. The molecule has 1 heterocycles. The van der Waals surface area contributed by atoms with E-state index in [4.69, 9.17) is 9.47 Å². The Hall–Kier alpha value is -0.970. The van der Waals surface area contributed by atoms with Gasteiger partial charge in [0.25, 0.3) is 0 Å². The second kappa shape index (κ2) is 3.83. The first-order chi connectivity index (χ1) is 6.06. The number of hydrogen-bond donors (Lipinski definition) is 0. The van der Waals surface area contributed by atoms with Crippen molar-refractivity contribution in [1.82, 2.24) is 0 Å². The maximum absolute atomic E-state index is 10.8. The number of ether oxygens (including phenoxy) is 2. The van der Waals surface area contributed by atoms with Crippen molar-refractivity contribution in [3.05, 3.63) is 12.7 Å². The highest BCUT2D eigenvalue weighted by atomic mass is 32.2. The molecular formula is C8H10O4S. The maximum Gasteiger partial charge on any atom is 0.368 e. The zero-order chi connectivity index (χ0) is 9.90. The second-order valence-electron chi connectivity index (χ2n) is 2.90. The van der Waals surface area contributed by atoms with Gasteiger partial charge in [0.1, 0.15) is 13.2 Å². The van der Waals surface area contributed by atoms with Crippen molar-refractivity contribution >= 4 is 23.0 Å². The Morgan fingerprint density at radius 1 is 1.92 bits per heavy atom. The molecular weight excluding hydrogens is 192 g/mol. The number of carbonyl (C=O) groups is 2. The highest BCUT2D eigenvalue weighted by Gasteiger charge is 2.38. The molecule has 0 aromatic rings. The van der Waals surface area contributed by atoms with Gasteiger partial charge in [0.05, 0.1) is 4.75 Å². The quantitative estimate of drug-likeness (QED) is 0.511. The van der Waals surface area contributed by atoms with E-state index in [1.165, 1.54) is 0 Å². The first-order valence-corrected chi connectivity index (χ1v) is 4.52. The van der Waals surface area contributed by atoms with Crippen LogP contribution in [0.2, 0.25) is 0 Å². The van der Waals surface area contributed by atoms with E-state index < -0.39 is 10.7 Å². The molecule has 0 aliphatic carbocycles. The molecule has 0 N–H and O–H groups in total. The van der Waals surface area contributed by atoms with Gasteiger partial charge >= 0.3 is 11.3 Å². The smallest absolute Gasteiger partial charge is 0.368 e. The average Bonchev–Trinajstić information content (AvgIpc) is 2.43. The Labute approximate surface area is 80.3 Å². The summed E-state index contributed by atoms with van der Waals surface area (Å²) in [5, 5.41) is -0.322. The van der Waals surface area contributed by atoms with Gasteiger partial charge in [-0.25, -0.2) is 9.59 Å². The van der Waals surface area contributed by atoms with Crippen molar-refractivity contribution in [2.24, 2.45) is 0 Å². The highest BCUT2D eigenvalue weighted by molar-refractivity contribution is 8.14. The molecule has 72 valence electrons. The zero-order valence-corrected chi connectivity index (χ0v) is 8.06. The van der Waals surface area contributed by atoms with Crippen molar-refractivity contribution in [1.29, 1.82) is 0 Å². The van der Waals surface area contributed by atoms with Gasteiger partial charge in [-0.1, -0.05) is 6.58 Å². The van der Waals surface area contributed by atoms with Crippen molar-refractivity contribution in [2.75, 3.05) is 13.2 Å². The van der Waals surface area contributed by atoms with Crippen LogP contribution >= 0.6 is 11.8 Å². The van der Waals surface area contributed by atoms with Gasteiger partial charge in [0.15, 0.2) is 0 Å². The summed E-state index contributed by atoms with van der Waals surface area (Å²) >= 11 is 1.05. The van der Waals surface area contributed by atoms with Crippen LogP contribution in [0.25, 0.3) is 0 Å². The molecule has 1 aliphatic heterocycles. The van der Waals surface area contributed by atoms with Crippen LogP contribution in [0.1, 0.15) is 6.92 Å². The van der Waals surface area contributed by atoms with Gasteiger partial charge in [-0.05, 0) is 18.7 Å². The van der Waals surface area contributed by atoms with Crippen LogP contribution in [0.4, 0.5) is 4.79 Å². The number of cyclic esters (lactones) is 1. The summed E-state index contributed by atoms with van der Waals surface area (Å²) in [7, 11) is 0. The van der Waals surface area contributed by atoms with E-state index in [1.807, 2.05) is 0 Å². The van der Waals surface area contributed by atoms with E-state index in [0.29, 0.717) is 0 Å². The number of rotatable bonds is 3. The van der Waals surface area contributed by atoms with E-state index in [0.717, 1.165) is 17.8 Å². The van der Waals surface area contributed by atoms with Gasteiger partial charge < -0.3 is 9.47 Å². The molecule has 1 fully saturated rings. The van der Waals surface area contributed by atoms with Crippen LogP contribution in [0, 0.1) is 0 Å². The highest BCUT2D eigenvalue weighted by Crippen LogP contribution is 2.33. The van der Waals surface area contributed by atoms with Crippen LogP contribution < -0.4 is 0 Å². The lowest BCUT2D eigenvalue weighted by molar-refractivity contribution is -0.138. The molecule has 0 saturated carbocycles. The Bertz CT molecular complexity index is 251. The maximum atomic E-state index is 10.8. The summed E-state index contributed by atoms with van der Waals surface area (Å²) in [6, 6.07) is 0. The molecule has 0 aromatic carbocycles. The standard InChI is InChI=1S/C8H10O4S/c1-3-6(9)11-4-8(2)5-12-7(10)13-8/h3H,1,4-5H2,2H3. The van der Waals surface area contributed by atoms with Gasteiger partial charge in [-0.2, -0.15) is 0 Å². The second-order valence-corrected chi connectivity index (χ2v) is 4.43. The third-order valence-electron chi connectivity index (χ3n) is 1.51. The summed E-state index contributed by atoms with van der Waals surface area (Å²) < 4.78 is 9.11. The van der Waals surface area contributed by atoms with Gasteiger partial charge in [-0.3, -0.25) is 0 Å². The van der Waals surface area contributed by atoms with Crippen molar-refractivity contribution < 1.29 is 19.1 Å². The number of hydrogen-bond acceptors (Lipinski definition) is 5. The van der Waals surface area contributed by atoms with Gasteiger partial charge in [0, 0.05) is 6.08 Å². The minimum Gasteiger partial charge on any atom is -0.461 e. The van der Waals surface area contributed by atoms with Crippen molar-refractivity contribution in [3.8, 4) is 0 Å². The predicted octanol–water partition coefficient (Wildman–Crippen LogP) is 1.36. The molecule has 1 aliphatic rings. The van der Waals surface area contributed by atoms with Crippen LogP contribution in [0.5, 0.6) is 0 Å². The molecule has 0 bridgehead atoms. The summed E-state index contributed by atoms with van der Waals surface area (Å²) in [5.41, 5.74) is 0. The third kappa shape index (κ3) is 2.77. The van der Waals surface area contributed by atoms with E-state index in [2.05, 4.69) is 6.58 Å². The fourth-order valence-corrected chi connectivity index (χ4v) is 1.58. The summed E-state index contributed by atoms with van der Waals surface area (Å²) in [5.74, 6) is -0.485. The summed E-state index contributed by atoms with van der Waals surface area (Å²) in [4.78, 5) is 21.5. The molecule has 5 heteroatoms. The third-order valence-corrected chi connectivity index (χ3v) is 2.52. The predicted molar refractivity (Wildman–Crippen MR) is 48.5 cm³/mol. The Morgan fingerprint density at radius 3 is 3.08 bits per heavy atom. The monoisotopic (exact) mass is 202 g/mol. The Balaban J connectivity index is 2.40. The largest absolute Gasteiger partial charge is 0.461 e. The fourth-order valence-electron chi connectivity index (χ4n) is 0.826. The van der Waals surface area contributed by atoms with Crippen LogP contribution in [0.3, 0.4) is 0 Å². The molecule has 4 nitrogen and oxygen atoms in total. The molecule has 1 atom stereocenters. The average molecular weight is 202 g/mol. The topological polar surface area (TPSA) is 52.6 Å². The molecule has 0 radical (unpaired) electrons. The first kappa shape index (κ1) is 10.1. The lowest BCUT2D eigenvalue weighted by Crippen LogP contribution is -2.29. The molecule has 0 spiro atoms. The van der Waals surface area contributed by atoms with E-state index in [1.54, 1.807) is 6.92 Å². The zero-order valence-electron chi connectivity index (χ0n) is 7.24. The van der Waals surface area contributed by atoms with Gasteiger partial charge in [-0.15, -0.1) is 0 Å². The first-order valence-electron chi connectivity index (χ1n) is 3.71. The summed E-state index contributed by atoms with van der Waals surface area (Å²) in [6.07, 6.45) is 1.09. The van der Waals surface area contributed by atoms with Crippen molar-refractivity contribution in [2.45, 2.75) is 11.7 Å². The van der Waals surface area contributed by atoms with Crippen LogP contribution in [0.15, 0.2) is 12.7 Å². The fraction of sp³-hybridized carbons (Fsp3) is 0.500. The Morgan fingerprint density at radius 2 is 2.62 bits per heavy atom. The number of thioether (sulfide) groups is 1. The minimum absolute atomic E-state index is 0.161. The van der Waals surface area contributed by atoms with E-state index in [-0.39, 0.29) is 18.5 Å². The van der Waals surface area contributed by atoms with Crippen molar-refractivity contribution in [3.63, 3.8) is 0 Å². The molecule has 13 heavy (non-hydrogen) atoms. The molecule has 0 aromatic heterocycles. The SMILES string of the molecule is C=CC(=O)OCC1(C)COC(=O)S1. The Kier molecular flexibility index (Phi) is 2.98. The normalized spacial score (nSPS) is 26.7. The van der Waals surface area contributed by atoms with E-state index >= 15 is 0 Å². The number of esters is 1. The van der Waals surface area contributed by atoms with E-state index in [9.17, 15) is 9.59 Å². The van der Waals surface area contributed by atoms with Crippen LogP contribution in [-0.4, -0.2) is 29.2 Å². The molecule has 1 unspecified atom stereocenters. The lowest BCUT2D eigenvalue weighted by atomic mass is 10.2. The van der Waals surface area contributed by atoms with Gasteiger partial charge in [0.2, 0.25) is 0 Å². The molecule has 1 saturated heterocycles. The van der Waals surface area contributed by atoms with Crippen LogP contribution in [-0.2, 0) is 14.3 Å². The minimum atomic E-state index is -0.485.